The molecule has 3 rings (SSSR count). The Labute approximate surface area is 152 Å². The lowest BCUT2D eigenvalue weighted by Crippen LogP contribution is -2.59. The maximum Gasteiger partial charge on any atom is 0.184 e. The Morgan fingerprint density at radius 1 is 0.769 bits per heavy atom. The fourth-order valence-corrected chi connectivity index (χ4v) is 2.87. The van der Waals surface area contributed by atoms with Crippen LogP contribution >= 0.6 is 0 Å². The summed E-state index contributed by atoms with van der Waals surface area (Å²) in [7, 11) is 0. The highest BCUT2D eigenvalue weighted by Crippen LogP contribution is 2.24. The lowest BCUT2D eigenvalue weighted by atomic mass is 9.99. The zero-order valence-corrected chi connectivity index (χ0v) is 14.3. The molecule has 0 aromatic heterocycles. The highest BCUT2D eigenvalue weighted by atomic mass is 16.7. The van der Waals surface area contributed by atoms with Crippen molar-refractivity contribution in [2.75, 3.05) is 6.61 Å². The van der Waals surface area contributed by atoms with Crippen LogP contribution in [0.4, 0.5) is 0 Å². The summed E-state index contributed by atoms with van der Waals surface area (Å²) in [5, 5.41) is 30.7. The maximum atomic E-state index is 10.3. The third-order valence-electron chi connectivity index (χ3n) is 4.34. The molecule has 5 atom stereocenters. The first-order valence-corrected chi connectivity index (χ1v) is 8.62. The van der Waals surface area contributed by atoms with E-state index in [2.05, 4.69) is 0 Å². The molecule has 6 nitrogen and oxygen atoms in total. The minimum atomic E-state index is -1.34. The van der Waals surface area contributed by atoms with Crippen LogP contribution in [0.25, 0.3) is 0 Å². The molecular weight excluding hydrogens is 336 g/mol. The van der Waals surface area contributed by atoms with E-state index in [4.69, 9.17) is 14.2 Å². The van der Waals surface area contributed by atoms with Crippen molar-refractivity contribution in [2.45, 2.75) is 43.9 Å². The molecule has 0 aliphatic carbocycles. The van der Waals surface area contributed by atoms with Gasteiger partial charge in [0.15, 0.2) is 6.29 Å². The Balaban J connectivity index is 1.49. The summed E-state index contributed by atoms with van der Waals surface area (Å²) < 4.78 is 16.5. The first-order valence-electron chi connectivity index (χ1n) is 8.62. The van der Waals surface area contributed by atoms with Gasteiger partial charge in [-0.15, -0.1) is 0 Å². The van der Waals surface area contributed by atoms with E-state index in [9.17, 15) is 15.3 Å². The second kappa shape index (κ2) is 9.23. The molecule has 1 aliphatic rings. The molecule has 6 heteroatoms. The van der Waals surface area contributed by atoms with E-state index in [0.717, 1.165) is 11.1 Å². The van der Waals surface area contributed by atoms with Gasteiger partial charge in [0, 0.05) is 0 Å². The lowest BCUT2D eigenvalue weighted by molar-refractivity contribution is -0.300. The first-order chi connectivity index (χ1) is 12.6. The second-order valence-corrected chi connectivity index (χ2v) is 6.31. The van der Waals surface area contributed by atoms with E-state index in [-0.39, 0.29) is 13.2 Å². The second-order valence-electron chi connectivity index (χ2n) is 6.31. The van der Waals surface area contributed by atoms with Crippen molar-refractivity contribution in [1.29, 1.82) is 0 Å². The Hall–Kier alpha value is -1.80. The summed E-state index contributed by atoms with van der Waals surface area (Å²) in [6.45, 7) is 0.605. The average molecular weight is 360 g/mol. The molecule has 1 aliphatic heterocycles. The highest BCUT2D eigenvalue weighted by molar-refractivity contribution is 5.14. The Bertz CT molecular complexity index is 648. The normalized spacial score (nSPS) is 28.8. The van der Waals surface area contributed by atoms with E-state index < -0.39 is 30.7 Å². The molecule has 140 valence electrons. The highest BCUT2D eigenvalue weighted by Gasteiger charge is 2.44. The van der Waals surface area contributed by atoms with Crippen LogP contribution < -0.4 is 0 Å². The number of rotatable bonds is 7. The van der Waals surface area contributed by atoms with Gasteiger partial charge in [-0.3, -0.25) is 0 Å². The third kappa shape index (κ3) is 4.88. The van der Waals surface area contributed by atoms with E-state index in [1.807, 2.05) is 60.7 Å². The molecule has 1 heterocycles. The van der Waals surface area contributed by atoms with Gasteiger partial charge in [0.05, 0.1) is 19.8 Å². The molecule has 1 unspecified atom stereocenters. The summed E-state index contributed by atoms with van der Waals surface area (Å²) in [6, 6.07) is 19.0. The fraction of sp³-hybridized carbons (Fsp3) is 0.400. The topological polar surface area (TPSA) is 88.4 Å². The van der Waals surface area contributed by atoms with E-state index in [0.29, 0.717) is 6.61 Å². The minimum Gasteiger partial charge on any atom is -0.387 e. The van der Waals surface area contributed by atoms with Gasteiger partial charge in [0.2, 0.25) is 0 Å². The van der Waals surface area contributed by atoms with Crippen LogP contribution in [0.5, 0.6) is 0 Å². The molecule has 0 amide bonds. The van der Waals surface area contributed by atoms with Crippen molar-refractivity contribution in [2.24, 2.45) is 0 Å². The van der Waals surface area contributed by atoms with Crippen molar-refractivity contribution < 1.29 is 29.5 Å². The van der Waals surface area contributed by atoms with Gasteiger partial charge in [0.25, 0.3) is 0 Å². The summed E-state index contributed by atoms with van der Waals surface area (Å²) >= 11 is 0. The van der Waals surface area contributed by atoms with Crippen LogP contribution in [0.15, 0.2) is 60.7 Å². The Kier molecular flexibility index (Phi) is 6.73. The summed E-state index contributed by atoms with van der Waals surface area (Å²) in [6.07, 6.45) is -5.69. The Morgan fingerprint density at radius 2 is 1.35 bits per heavy atom. The number of hydrogen-bond donors (Lipinski definition) is 3. The SMILES string of the molecule is OC1O[C@H](COCc2ccccc2)[C@H](O)[C@H](O)[C@H]1OCc1ccccc1. The minimum absolute atomic E-state index is 0.0512. The van der Waals surface area contributed by atoms with Gasteiger partial charge in [-0.05, 0) is 11.1 Å². The predicted octanol–water partition coefficient (Wildman–Crippen LogP) is 1.23. The van der Waals surface area contributed by atoms with Gasteiger partial charge in [-0.1, -0.05) is 60.7 Å². The van der Waals surface area contributed by atoms with Crippen molar-refractivity contribution in [3.8, 4) is 0 Å². The van der Waals surface area contributed by atoms with Crippen LogP contribution in [0.2, 0.25) is 0 Å². The fourth-order valence-electron chi connectivity index (χ4n) is 2.87. The van der Waals surface area contributed by atoms with E-state index >= 15 is 0 Å². The standard InChI is InChI=1S/C20H24O6/c21-17-16(13-24-11-14-7-3-1-4-8-14)26-20(23)19(18(17)22)25-12-15-9-5-2-6-10-15/h1-10,16-23H,11-13H2/t16-,17+,18+,19-,20?/m1/s1. The molecule has 1 saturated heterocycles. The number of aliphatic hydroxyl groups is 3. The molecule has 0 bridgehead atoms. The van der Waals surface area contributed by atoms with E-state index in [1.165, 1.54) is 0 Å². The summed E-state index contributed by atoms with van der Waals surface area (Å²) in [5.74, 6) is 0. The third-order valence-corrected chi connectivity index (χ3v) is 4.34. The summed E-state index contributed by atoms with van der Waals surface area (Å²) in [4.78, 5) is 0. The molecule has 26 heavy (non-hydrogen) atoms. The molecule has 3 N–H and O–H groups in total. The number of benzene rings is 2. The van der Waals surface area contributed by atoms with Crippen LogP contribution in [-0.2, 0) is 27.4 Å². The lowest BCUT2D eigenvalue weighted by Gasteiger charge is -2.40. The molecule has 2 aromatic carbocycles. The van der Waals surface area contributed by atoms with Crippen LogP contribution in [0.3, 0.4) is 0 Å². The van der Waals surface area contributed by atoms with Gasteiger partial charge in [0.1, 0.15) is 24.4 Å². The van der Waals surface area contributed by atoms with Gasteiger partial charge in [-0.2, -0.15) is 0 Å². The Morgan fingerprint density at radius 3 is 1.96 bits per heavy atom. The first kappa shape index (κ1) is 19.0. The van der Waals surface area contributed by atoms with Crippen molar-refractivity contribution in [3.05, 3.63) is 71.8 Å². The van der Waals surface area contributed by atoms with Crippen LogP contribution in [0, 0.1) is 0 Å². The predicted molar refractivity (Wildman–Crippen MR) is 94.0 cm³/mol. The van der Waals surface area contributed by atoms with Crippen molar-refractivity contribution >= 4 is 0 Å². The zero-order chi connectivity index (χ0) is 18.4. The maximum absolute atomic E-state index is 10.3. The molecular formula is C20H24O6. The van der Waals surface area contributed by atoms with Crippen molar-refractivity contribution in [1.82, 2.24) is 0 Å². The quantitative estimate of drug-likeness (QED) is 0.688. The number of ether oxygens (including phenoxy) is 3. The molecule has 0 radical (unpaired) electrons. The molecule has 0 saturated carbocycles. The monoisotopic (exact) mass is 360 g/mol. The van der Waals surface area contributed by atoms with Crippen LogP contribution in [-0.4, -0.2) is 52.6 Å². The zero-order valence-electron chi connectivity index (χ0n) is 14.3. The largest absolute Gasteiger partial charge is 0.387 e. The van der Waals surface area contributed by atoms with E-state index in [1.54, 1.807) is 0 Å². The smallest absolute Gasteiger partial charge is 0.184 e. The molecule has 1 fully saturated rings. The van der Waals surface area contributed by atoms with Crippen molar-refractivity contribution in [3.63, 3.8) is 0 Å². The van der Waals surface area contributed by atoms with Gasteiger partial charge in [-0.25, -0.2) is 0 Å². The van der Waals surface area contributed by atoms with Gasteiger partial charge < -0.3 is 29.5 Å². The summed E-state index contributed by atoms with van der Waals surface area (Å²) in [5.41, 5.74) is 1.89. The molecule has 2 aromatic rings. The number of aliphatic hydroxyl groups excluding tert-OH is 3. The van der Waals surface area contributed by atoms with Gasteiger partial charge >= 0.3 is 0 Å². The van der Waals surface area contributed by atoms with Crippen LogP contribution in [0.1, 0.15) is 11.1 Å². The molecule has 0 spiro atoms. The number of hydrogen-bond acceptors (Lipinski definition) is 6. The average Bonchev–Trinajstić information content (AvgIpc) is 2.67.